The summed E-state index contributed by atoms with van der Waals surface area (Å²) in [7, 11) is 0. The van der Waals surface area contributed by atoms with Crippen molar-refractivity contribution in [3.63, 3.8) is 0 Å². The van der Waals surface area contributed by atoms with Gasteiger partial charge in [0.1, 0.15) is 0 Å². The average Bonchev–Trinajstić information content (AvgIpc) is 2.37. The first-order valence-corrected chi connectivity index (χ1v) is 6.73. The van der Waals surface area contributed by atoms with Crippen LogP contribution in [0.1, 0.15) is 44.6 Å². The van der Waals surface area contributed by atoms with Gasteiger partial charge in [-0.1, -0.05) is 44.7 Å². The van der Waals surface area contributed by atoms with Gasteiger partial charge >= 0.3 is 11.8 Å². The Morgan fingerprint density at radius 1 is 1.30 bits per heavy atom. The van der Waals surface area contributed by atoms with E-state index in [1.54, 1.807) is 12.1 Å². The fourth-order valence-corrected chi connectivity index (χ4v) is 2.07. The molecule has 0 aliphatic heterocycles. The van der Waals surface area contributed by atoms with Crippen LogP contribution in [0.2, 0.25) is 0 Å². The molecule has 0 saturated heterocycles. The lowest BCUT2D eigenvalue weighted by Gasteiger charge is -2.06. The minimum atomic E-state index is -1.55. The molecule has 0 radical (unpaired) electrons. The van der Waals surface area contributed by atoms with Gasteiger partial charge in [0.2, 0.25) is 5.75 Å². The third-order valence-electron chi connectivity index (χ3n) is 3.01. The molecule has 0 aliphatic rings. The summed E-state index contributed by atoms with van der Waals surface area (Å²) in [4.78, 5) is 21.1. The molecular formula is C14H19NO5. The predicted molar refractivity (Wildman–Crippen MR) is 74.2 cm³/mol. The molecule has 1 N–H and O–H groups in total. The molecule has 0 amide bonds. The highest BCUT2D eigenvalue weighted by molar-refractivity contribution is 5.65. The van der Waals surface area contributed by atoms with Gasteiger partial charge in [-0.2, -0.15) is 0 Å². The fourth-order valence-electron chi connectivity index (χ4n) is 2.07. The Hall–Kier alpha value is -2.11. The number of nitro benzene ring substituents is 1. The zero-order chi connectivity index (χ0) is 15.0. The molecule has 6 nitrogen and oxygen atoms in total. The van der Waals surface area contributed by atoms with Crippen molar-refractivity contribution >= 4 is 11.8 Å². The molecule has 0 atom stereocenters. The molecule has 110 valence electrons. The number of benzene rings is 1. The number of nitro groups is 1. The van der Waals surface area contributed by atoms with Gasteiger partial charge < -0.3 is 9.84 Å². The van der Waals surface area contributed by atoms with Gasteiger partial charge in [-0.15, -0.1) is 0 Å². The number of hydrogen-bond acceptors (Lipinski definition) is 4. The van der Waals surface area contributed by atoms with Crippen LogP contribution < -0.4 is 4.74 Å². The monoisotopic (exact) mass is 281 g/mol. The Balaban J connectivity index is 2.78. The molecule has 0 heterocycles. The summed E-state index contributed by atoms with van der Waals surface area (Å²) in [6, 6.07) is 4.52. The van der Waals surface area contributed by atoms with Gasteiger partial charge in [0.25, 0.3) is 0 Å². The van der Waals surface area contributed by atoms with E-state index in [1.165, 1.54) is 6.07 Å². The second kappa shape index (κ2) is 8.14. The summed E-state index contributed by atoms with van der Waals surface area (Å²) >= 11 is 0. The predicted octanol–water partition coefficient (Wildman–Crippen LogP) is 4.16. The molecule has 0 saturated carbocycles. The third kappa shape index (κ3) is 4.87. The van der Waals surface area contributed by atoms with Gasteiger partial charge in [-0.3, -0.25) is 10.1 Å². The van der Waals surface area contributed by atoms with Gasteiger partial charge in [0.15, 0.2) is 0 Å². The van der Waals surface area contributed by atoms with E-state index in [2.05, 4.69) is 11.7 Å². The van der Waals surface area contributed by atoms with Crippen molar-refractivity contribution in [3.8, 4) is 5.75 Å². The highest BCUT2D eigenvalue weighted by Crippen LogP contribution is 2.32. The first-order chi connectivity index (χ1) is 9.56. The smallest absolute Gasteiger partial charge is 0.449 e. The van der Waals surface area contributed by atoms with Crippen LogP contribution in [0.15, 0.2) is 18.2 Å². The van der Waals surface area contributed by atoms with Crippen LogP contribution in [-0.4, -0.2) is 16.2 Å². The van der Waals surface area contributed by atoms with Crippen molar-refractivity contribution in [2.45, 2.75) is 45.4 Å². The maximum absolute atomic E-state index is 11.1. The van der Waals surface area contributed by atoms with Crippen LogP contribution in [0.3, 0.4) is 0 Å². The highest BCUT2D eigenvalue weighted by atomic mass is 16.7. The Labute approximate surface area is 117 Å². The van der Waals surface area contributed by atoms with Gasteiger partial charge in [-0.05, 0) is 18.9 Å². The number of nitrogens with zero attached hydrogens (tertiary/aromatic N) is 1. The van der Waals surface area contributed by atoms with E-state index >= 15 is 0 Å². The molecule has 1 rings (SSSR count). The lowest BCUT2D eigenvalue weighted by atomic mass is 10.0. The highest BCUT2D eigenvalue weighted by Gasteiger charge is 2.22. The summed E-state index contributed by atoms with van der Waals surface area (Å²) in [5, 5.41) is 19.7. The molecule has 0 aromatic heterocycles. The molecular weight excluding hydrogens is 262 g/mol. The lowest BCUT2D eigenvalue weighted by molar-refractivity contribution is -0.386. The van der Waals surface area contributed by atoms with Crippen LogP contribution >= 0.6 is 0 Å². The molecule has 0 unspecified atom stereocenters. The molecule has 1 aromatic rings. The van der Waals surface area contributed by atoms with Crippen molar-refractivity contribution in [1.82, 2.24) is 0 Å². The van der Waals surface area contributed by atoms with Crippen LogP contribution in [0.5, 0.6) is 5.75 Å². The van der Waals surface area contributed by atoms with Gasteiger partial charge in [0, 0.05) is 5.56 Å². The topological polar surface area (TPSA) is 89.7 Å². The second-order valence-electron chi connectivity index (χ2n) is 4.55. The van der Waals surface area contributed by atoms with Gasteiger partial charge in [0.05, 0.1) is 4.92 Å². The Bertz CT molecular complexity index is 473. The number of para-hydroxylation sites is 1. The molecule has 20 heavy (non-hydrogen) atoms. The van der Waals surface area contributed by atoms with Crippen molar-refractivity contribution in [1.29, 1.82) is 0 Å². The molecule has 1 aromatic carbocycles. The number of carboxylic acid groups (broad SMARTS) is 1. The van der Waals surface area contributed by atoms with Crippen molar-refractivity contribution in [2.75, 3.05) is 0 Å². The summed E-state index contributed by atoms with van der Waals surface area (Å²) < 4.78 is 4.47. The number of carbonyl (C=O) groups is 1. The first kappa shape index (κ1) is 15.9. The molecule has 0 spiro atoms. The third-order valence-corrected chi connectivity index (χ3v) is 3.01. The zero-order valence-corrected chi connectivity index (χ0v) is 11.5. The van der Waals surface area contributed by atoms with E-state index in [0.717, 1.165) is 32.1 Å². The van der Waals surface area contributed by atoms with E-state index in [1.807, 2.05) is 0 Å². The largest absolute Gasteiger partial charge is 0.511 e. The van der Waals surface area contributed by atoms with Crippen molar-refractivity contribution < 1.29 is 19.6 Å². The quantitative estimate of drug-likeness (QED) is 0.254. The SMILES string of the molecule is CCCCCCCc1cccc(OC(=O)O)c1[N+](=O)[O-]. The lowest BCUT2D eigenvalue weighted by Crippen LogP contribution is -2.07. The van der Waals surface area contributed by atoms with E-state index in [4.69, 9.17) is 5.11 Å². The Morgan fingerprint density at radius 3 is 2.60 bits per heavy atom. The zero-order valence-electron chi connectivity index (χ0n) is 11.5. The molecule has 6 heteroatoms. The van der Waals surface area contributed by atoms with Crippen molar-refractivity contribution in [3.05, 3.63) is 33.9 Å². The minimum Gasteiger partial charge on any atom is -0.449 e. The molecule has 0 bridgehead atoms. The number of aryl methyl sites for hydroxylation is 1. The van der Waals surface area contributed by atoms with Crippen LogP contribution in [0, 0.1) is 10.1 Å². The van der Waals surface area contributed by atoms with E-state index < -0.39 is 11.1 Å². The first-order valence-electron chi connectivity index (χ1n) is 6.73. The maximum Gasteiger partial charge on any atom is 0.511 e. The minimum absolute atomic E-state index is 0.214. The summed E-state index contributed by atoms with van der Waals surface area (Å²) in [6.45, 7) is 2.12. The summed E-state index contributed by atoms with van der Waals surface area (Å²) in [5.41, 5.74) is 0.274. The standard InChI is InChI=1S/C14H19NO5/c1-2-3-4-5-6-8-11-9-7-10-12(20-14(16)17)13(11)15(18)19/h7,9-10H,2-6,8H2,1H3,(H,16,17). The number of unbranched alkanes of at least 4 members (excludes halogenated alkanes) is 4. The van der Waals surface area contributed by atoms with Crippen LogP contribution in [-0.2, 0) is 6.42 Å². The van der Waals surface area contributed by atoms with E-state index in [9.17, 15) is 14.9 Å². The second-order valence-corrected chi connectivity index (χ2v) is 4.55. The van der Waals surface area contributed by atoms with E-state index in [0.29, 0.717) is 12.0 Å². The molecule has 0 aliphatic carbocycles. The number of hydrogen-bond donors (Lipinski definition) is 1. The number of rotatable bonds is 8. The normalized spacial score (nSPS) is 10.2. The van der Waals surface area contributed by atoms with E-state index in [-0.39, 0.29) is 11.4 Å². The molecule has 0 fully saturated rings. The van der Waals surface area contributed by atoms with Crippen molar-refractivity contribution in [2.24, 2.45) is 0 Å². The average molecular weight is 281 g/mol. The van der Waals surface area contributed by atoms with Gasteiger partial charge in [-0.25, -0.2) is 4.79 Å². The number of ether oxygens (including phenoxy) is 1. The Morgan fingerprint density at radius 2 is 2.00 bits per heavy atom. The maximum atomic E-state index is 11.1. The summed E-state index contributed by atoms with van der Waals surface area (Å²) in [6.07, 6.45) is 4.26. The Kier molecular flexibility index (Phi) is 6.49. The fraction of sp³-hybridized carbons (Fsp3) is 0.500. The van der Waals surface area contributed by atoms with Crippen LogP contribution in [0.25, 0.3) is 0 Å². The van der Waals surface area contributed by atoms with Crippen LogP contribution in [0.4, 0.5) is 10.5 Å². The summed E-state index contributed by atoms with van der Waals surface area (Å²) in [5.74, 6) is -0.214.